The largest absolute Gasteiger partial charge is 0.478 e. The highest BCUT2D eigenvalue weighted by Gasteiger charge is 2.17. The first-order valence-corrected chi connectivity index (χ1v) is 8.03. The number of fused-ring (bicyclic) bond motifs is 1. The SMILES string of the molecule is c1ccc(OCNC(c2ccncc2)n2nnc3ccccc32)cc1. The van der Waals surface area contributed by atoms with Crippen LogP contribution in [0, 0.1) is 0 Å². The smallest absolute Gasteiger partial charge is 0.141 e. The molecule has 6 nitrogen and oxygen atoms in total. The average molecular weight is 331 g/mol. The van der Waals surface area contributed by atoms with E-state index in [-0.39, 0.29) is 6.17 Å². The molecule has 0 bridgehead atoms. The molecule has 0 saturated heterocycles. The maximum absolute atomic E-state index is 5.78. The highest BCUT2D eigenvalue weighted by molar-refractivity contribution is 5.74. The first-order chi connectivity index (χ1) is 12.4. The van der Waals surface area contributed by atoms with E-state index in [1.807, 2.05) is 71.4 Å². The zero-order valence-electron chi connectivity index (χ0n) is 13.5. The van der Waals surface area contributed by atoms with Gasteiger partial charge in [-0.2, -0.15) is 0 Å². The van der Waals surface area contributed by atoms with Gasteiger partial charge in [-0.15, -0.1) is 5.10 Å². The van der Waals surface area contributed by atoms with Crippen LogP contribution in [0.15, 0.2) is 79.1 Å². The van der Waals surface area contributed by atoms with Crippen LogP contribution in [0.4, 0.5) is 0 Å². The van der Waals surface area contributed by atoms with Crippen molar-refractivity contribution in [3.8, 4) is 5.75 Å². The third-order valence-electron chi connectivity index (χ3n) is 3.90. The van der Waals surface area contributed by atoms with Gasteiger partial charge in [0, 0.05) is 12.4 Å². The number of ether oxygens (including phenoxy) is 1. The van der Waals surface area contributed by atoms with Gasteiger partial charge in [0.15, 0.2) is 0 Å². The first kappa shape index (κ1) is 15.3. The van der Waals surface area contributed by atoms with E-state index in [0.717, 1.165) is 22.3 Å². The van der Waals surface area contributed by atoms with Crippen LogP contribution in [-0.2, 0) is 0 Å². The standard InChI is InChI=1S/C19H17N5O/c1-2-6-16(7-3-1)25-14-21-19(15-10-12-20-13-11-15)24-18-9-5-4-8-17(18)22-23-24/h1-13,19,21H,14H2. The molecular weight excluding hydrogens is 314 g/mol. The molecular formula is C19H17N5O. The Bertz CT molecular complexity index is 940. The number of pyridine rings is 1. The summed E-state index contributed by atoms with van der Waals surface area (Å²) in [6.45, 7) is 0.338. The second-order valence-electron chi connectivity index (χ2n) is 5.51. The lowest BCUT2D eigenvalue weighted by atomic mass is 10.2. The summed E-state index contributed by atoms with van der Waals surface area (Å²) in [6.07, 6.45) is 3.32. The molecule has 124 valence electrons. The van der Waals surface area contributed by atoms with Gasteiger partial charge in [-0.05, 0) is 42.0 Å². The molecule has 25 heavy (non-hydrogen) atoms. The second-order valence-corrected chi connectivity index (χ2v) is 5.51. The molecule has 0 aliphatic heterocycles. The second kappa shape index (κ2) is 7.11. The molecule has 1 atom stereocenters. The fourth-order valence-corrected chi connectivity index (χ4v) is 2.69. The maximum atomic E-state index is 5.78. The number of benzene rings is 2. The van der Waals surface area contributed by atoms with Crippen LogP contribution in [-0.4, -0.2) is 26.7 Å². The molecule has 0 radical (unpaired) electrons. The van der Waals surface area contributed by atoms with Crippen LogP contribution < -0.4 is 10.1 Å². The number of aromatic nitrogens is 4. The van der Waals surface area contributed by atoms with Crippen LogP contribution in [0.25, 0.3) is 11.0 Å². The Morgan fingerprint density at radius 2 is 1.68 bits per heavy atom. The minimum absolute atomic E-state index is 0.209. The van der Waals surface area contributed by atoms with E-state index in [0.29, 0.717) is 6.73 Å². The van der Waals surface area contributed by atoms with Crippen molar-refractivity contribution in [2.24, 2.45) is 0 Å². The number of nitrogens with zero attached hydrogens (tertiary/aromatic N) is 4. The van der Waals surface area contributed by atoms with Gasteiger partial charge in [0.2, 0.25) is 0 Å². The molecule has 2 aromatic carbocycles. The molecule has 2 heterocycles. The van der Waals surface area contributed by atoms with Crippen LogP contribution in [0.2, 0.25) is 0 Å². The summed E-state index contributed by atoms with van der Waals surface area (Å²) in [6, 6.07) is 21.5. The summed E-state index contributed by atoms with van der Waals surface area (Å²) in [5.41, 5.74) is 2.84. The third kappa shape index (κ3) is 3.34. The van der Waals surface area contributed by atoms with Crippen molar-refractivity contribution in [1.82, 2.24) is 25.3 Å². The lowest BCUT2D eigenvalue weighted by Crippen LogP contribution is -2.31. The van der Waals surface area contributed by atoms with Gasteiger partial charge in [-0.1, -0.05) is 35.5 Å². The molecule has 4 rings (SSSR count). The van der Waals surface area contributed by atoms with Crippen molar-refractivity contribution in [1.29, 1.82) is 0 Å². The van der Waals surface area contributed by atoms with Crippen molar-refractivity contribution in [3.63, 3.8) is 0 Å². The van der Waals surface area contributed by atoms with E-state index in [4.69, 9.17) is 4.74 Å². The summed E-state index contributed by atoms with van der Waals surface area (Å²) < 4.78 is 7.64. The van der Waals surface area contributed by atoms with Gasteiger partial charge in [0.05, 0.1) is 5.52 Å². The molecule has 6 heteroatoms. The van der Waals surface area contributed by atoms with Crippen molar-refractivity contribution < 1.29 is 4.74 Å². The zero-order chi connectivity index (χ0) is 16.9. The molecule has 2 aromatic heterocycles. The number of para-hydroxylation sites is 2. The van der Waals surface area contributed by atoms with Crippen LogP contribution in [0.5, 0.6) is 5.75 Å². The minimum atomic E-state index is -0.209. The van der Waals surface area contributed by atoms with Gasteiger partial charge >= 0.3 is 0 Å². The predicted molar refractivity (Wildman–Crippen MR) is 95.0 cm³/mol. The number of rotatable bonds is 6. The Morgan fingerprint density at radius 1 is 0.920 bits per heavy atom. The molecule has 0 amide bonds. The lowest BCUT2D eigenvalue weighted by Gasteiger charge is -2.20. The van der Waals surface area contributed by atoms with Gasteiger partial charge in [-0.25, -0.2) is 4.68 Å². The molecule has 0 fully saturated rings. The van der Waals surface area contributed by atoms with E-state index < -0.39 is 0 Å². The highest BCUT2D eigenvalue weighted by atomic mass is 16.5. The van der Waals surface area contributed by atoms with E-state index >= 15 is 0 Å². The summed E-state index contributed by atoms with van der Waals surface area (Å²) in [5, 5.41) is 12.0. The monoisotopic (exact) mass is 331 g/mol. The fraction of sp³-hybridized carbons (Fsp3) is 0.105. The molecule has 0 saturated carbocycles. The molecule has 0 spiro atoms. The summed E-state index contributed by atoms with van der Waals surface area (Å²) in [5.74, 6) is 0.812. The van der Waals surface area contributed by atoms with Crippen LogP contribution in [0.1, 0.15) is 11.7 Å². The molecule has 0 aliphatic rings. The van der Waals surface area contributed by atoms with Crippen molar-refractivity contribution in [2.75, 3.05) is 6.73 Å². The number of hydrogen-bond acceptors (Lipinski definition) is 5. The Labute approximate surface area is 145 Å². The van der Waals surface area contributed by atoms with E-state index in [1.54, 1.807) is 12.4 Å². The average Bonchev–Trinajstić information content (AvgIpc) is 3.11. The van der Waals surface area contributed by atoms with Crippen molar-refractivity contribution >= 4 is 11.0 Å². The van der Waals surface area contributed by atoms with Gasteiger partial charge < -0.3 is 4.74 Å². The van der Waals surface area contributed by atoms with Crippen LogP contribution >= 0.6 is 0 Å². The quantitative estimate of drug-likeness (QED) is 0.550. The van der Waals surface area contributed by atoms with Gasteiger partial charge in [0.1, 0.15) is 24.2 Å². The minimum Gasteiger partial charge on any atom is -0.478 e. The van der Waals surface area contributed by atoms with Crippen molar-refractivity contribution in [3.05, 3.63) is 84.7 Å². The van der Waals surface area contributed by atoms with E-state index in [9.17, 15) is 0 Å². The Kier molecular flexibility index (Phi) is 4.35. The van der Waals surface area contributed by atoms with Gasteiger partial charge in [0.25, 0.3) is 0 Å². The Balaban J connectivity index is 1.61. The van der Waals surface area contributed by atoms with Crippen molar-refractivity contribution in [2.45, 2.75) is 6.17 Å². The molecule has 1 N–H and O–H groups in total. The number of hydrogen-bond donors (Lipinski definition) is 1. The van der Waals surface area contributed by atoms with Gasteiger partial charge in [-0.3, -0.25) is 10.3 Å². The predicted octanol–water partition coefficient (Wildman–Crippen LogP) is 3.00. The summed E-state index contributed by atoms with van der Waals surface area (Å²) in [4.78, 5) is 4.09. The highest BCUT2D eigenvalue weighted by Crippen LogP contribution is 2.20. The zero-order valence-corrected chi connectivity index (χ0v) is 13.5. The van der Waals surface area contributed by atoms with E-state index in [2.05, 4.69) is 20.6 Å². The molecule has 4 aromatic rings. The Morgan fingerprint density at radius 3 is 2.52 bits per heavy atom. The maximum Gasteiger partial charge on any atom is 0.141 e. The Hall–Kier alpha value is -3.25. The fourth-order valence-electron chi connectivity index (χ4n) is 2.69. The lowest BCUT2D eigenvalue weighted by molar-refractivity contribution is 0.247. The summed E-state index contributed by atoms with van der Waals surface area (Å²) >= 11 is 0. The summed E-state index contributed by atoms with van der Waals surface area (Å²) in [7, 11) is 0. The molecule has 1 unspecified atom stereocenters. The normalized spacial score (nSPS) is 12.2. The molecule has 0 aliphatic carbocycles. The number of nitrogens with one attached hydrogen (secondary N) is 1. The first-order valence-electron chi connectivity index (χ1n) is 8.03. The van der Waals surface area contributed by atoms with E-state index in [1.165, 1.54) is 0 Å². The third-order valence-corrected chi connectivity index (χ3v) is 3.90. The van der Waals surface area contributed by atoms with Crippen LogP contribution in [0.3, 0.4) is 0 Å². The topological polar surface area (TPSA) is 64.9 Å².